The smallest absolute Gasteiger partial charge is 0.323 e. The molecule has 0 bridgehead atoms. The minimum atomic E-state index is -0.160. The zero-order chi connectivity index (χ0) is 16.4. The number of nitrogens with one attached hydrogen (secondary N) is 1. The maximum absolute atomic E-state index is 12.3. The maximum atomic E-state index is 12.3. The maximum Gasteiger partial charge on any atom is 0.323 e. The number of carbonyl (C=O) groups excluding carboxylic acids is 2. The molecule has 0 aromatic carbocycles. The molecule has 1 atom stereocenters. The van der Waals surface area contributed by atoms with E-state index in [9.17, 15) is 9.59 Å². The number of likely N-dealkylation sites (tertiary alicyclic amines) is 1. The Morgan fingerprint density at radius 3 is 2.70 bits per heavy atom. The Hall–Kier alpha value is -2.33. The number of ether oxygens (including phenoxy) is 1. The number of aromatic nitrogens is 1. The molecule has 2 fully saturated rings. The van der Waals surface area contributed by atoms with Crippen molar-refractivity contribution in [1.29, 1.82) is 5.26 Å². The third-order valence-electron chi connectivity index (χ3n) is 4.58. The fraction of sp³-hybridized carbons (Fsp3) is 0.562. The molecule has 0 aliphatic carbocycles. The van der Waals surface area contributed by atoms with E-state index in [1.54, 1.807) is 23.9 Å². The van der Waals surface area contributed by atoms with E-state index in [-0.39, 0.29) is 24.0 Å². The number of amides is 1. The number of carbonyl (C=O) groups is 2. The van der Waals surface area contributed by atoms with Gasteiger partial charge in [0.25, 0.3) is 5.91 Å². The summed E-state index contributed by atoms with van der Waals surface area (Å²) in [6.45, 7) is 2.07. The van der Waals surface area contributed by atoms with Crippen molar-refractivity contribution in [1.82, 2.24) is 14.8 Å². The summed E-state index contributed by atoms with van der Waals surface area (Å²) in [5.41, 5.74) is 0.968. The van der Waals surface area contributed by atoms with Crippen LogP contribution in [0.25, 0.3) is 0 Å². The van der Waals surface area contributed by atoms with E-state index in [2.05, 4.69) is 10.2 Å². The van der Waals surface area contributed by atoms with Crippen LogP contribution in [-0.2, 0) is 16.6 Å². The number of piperidine rings is 1. The first-order valence-electron chi connectivity index (χ1n) is 7.86. The van der Waals surface area contributed by atoms with Gasteiger partial charge in [-0.1, -0.05) is 0 Å². The monoisotopic (exact) mass is 316 g/mol. The lowest BCUT2D eigenvalue weighted by Crippen LogP contribution is -2.49. The van der Waals surface area contributed by atoms with Crippen LogP contribution in [0.4, 0.5) is 0 Å². The van der Waals surface area contributed by atoms with Crippen LogP contribution in [0, 0.1) is 11.3 Å². The summed E-state index contributed by atoms with van der Waals surface area (Å²) in [4.78, 5) is 26.1. The summed E-state index contributed by atoms with van der Waals surface area (Å²) in [5, 5.41) is 11.9. The number of aryl methyl sites for hydroxylation is 1. The number of nitrogens with zero attached hydrogens (tertiary/aromatic N) is 3. The summed E-state index contributed by atoms with van der Waals surface area (Å²) >= 11 is 0. The van der Waals surface area contributed by atoms with Crippen LogP contribution in [-0.4, -0.2) is 53.1 Å². The van der Waals surface area contributed by atoms with Gasteiger partial charge in [0.05, 0.1) is 12.2 Å². The molecule has 1 N–H and O–H groups in total. The Labute approximate surface area is 134 Å². The lowest BCUT2D eigenvalue weighted by molar-refractivity contribution is -0.142. The highest BCUT2D eigenvalue weighted by Crippen LogP contribution is 2.20. The fourth-order valence-electron chi connectivity index (χ4n) is 3.28. The molecule has 2 saturated heterocycles. The van der Waals surface area contributed by atoms with Gasteiger partial charge in [0, 0.05) is 38.8 Å². The zero-order valence-electron chi connectivity index (χ0n) is 13.1. The average molecular weight is 316 g/mol. The van der Waals surface area contributed by atoms with Gasteiger partial charge in [-0.25, -0.2) is 0 Å². The molecule has 7 nitrogen and oxygen atoms in total. The lowest BCUT2D eigenvalue weighted by atomic mass is 10.0. The molecule has 1 amide bonds. The molecule has 23 heavy (non-hydrogen) atoms. The van der Waals surface area contributed by atoms with Crippen LogP contribution >= 0.6 is 0 Å². The van der Waals surface area contributed by atoms with E-state index < -0.39 is 0 Å². The normalized spacial score (nSPS) is 22.6. The largest absolute Gasteiger partial charge is 0.464 e. The first-order chi connectivity index (χ1) is 11.1. The Balaban J connectivity index is 1.54. The van der Waals surface area contributed by atoms with Crippen molar-refractivity contribution in [2.45, 2.75) is 31.3 Å². The predicted octanol–water partition coefficient (Wildman–Crippen LogP) is 0.406. The second kappa shape index (κ2) is 6.42. The van der Waals surface area contributed by atoms with Gasteiger partial charge in [0.2, 0.25) is 0 Å². The van der Waals surface area contributed by atoms with Gasteiger partial charge in [-0.15, -0.1) is 0 Å². The van der Waals surface area contributed by atoms with Crippen molar-refractivity contribution < 1.29 is 14.3 Å². The van der Waals surface area contributed by atoms with Gasteiger partial charge in [0.1, 0.15) is 17.8 Å². The van der Waals surface area contributed by atoms with Crippen molar-refractivity contribution in [3.63, 3.8) is 0 Å². The molecule has 7 heteroatoms. The lowest BCUT2D eigenvalue weighted by Gasteiger charge is -2.34. The quantitative estimate of drug-likeness (QED) is 0.816. The first kappa shape index (κ1) is 15.6. The molecule has 2 aliphatic rings. The van der Waals surface area contributed by atoms with Crippen LogP contribution in [0.1, 0.15) is 35.3 Å². The Morgan fingerprint density at radius 2 is 2.13 bits per heavy atom. The van der Waals surface area contributed by atoms with E-state index in [1.807, 2.05) is 6.07 Å². The number of hydrogen-bond donors (Lipinski definition) is 1. The van der Waals surface area contributed by atoms with Crippen LogP contribution in [0.5, 0.6) is 0 Å². The summed E-state index contributed by atoms with van der Waals surface area (Å²) < 4.78 is 6.68. The Morgan fingerprint density at radius 1 is 1.39 bits per heavy atom. The highest BCUT2D eigenvalue weighted by molar-refractivity contribution is 5.93. The minimum absolute atomic E-state index is 0.0941. The molecule has 0 spiro atoms. The second-order valence-electron chi connectivity index (χ2n) is 6.09. The number of nitriles is 1. The zero-order valence-corrected chi connectivity index (χ0v) is 13.1. The van der Waals surface area contributed by atoms with Crippen LogP contribution in [0.15, 0.2) is 12.3 Å². The predicted molar refractivity (Wildman–Crippen MR) is 81.6 cm³/mol. The molecule has 3 rings (SSSR count). The van der Waals surface area contributed by atoms with Crippen molar-refractivity contribution in [3.05, 3.63) is 23.5 Å². The summed E-state index contributed by atoms with van der Waals surface area (Å²) in [7, 11) is 1.75. The van der Waals surface area contributed by atoms with Gasteiger partial charge in [-0.05, 0) is 18.9 Å². The van der Waals surface area contributed by atoms with Crippen molar-refractivity contribution >= 4 is 11.9 Å². The van der Waals surface area contributed by atoms with E-state index in [0.29, 0.717) is 17.9 Å². The number of cyclic esters (lactones) is 1. The molecule has 122 valence electrons. The van der Waals surface area contributed by atoms with E-state index in [0.717, 1.165) is 32.4 Å². The Bertz CT molecular complexity index is 653. The highest BCUT2D eigenvalue weighted by atomic mass is 16.5. The van der Waals surface area contributed by atoms with Gasteiger partial charge >= 0.3 is 5.97 Å². The summed E-state index contributed by atoms with van der Waals surface area (Å²) in [6.07, 6.45) is 4.02. The number of rotatable bonds is 3. The number of esters is 1. The molecule has 2 aliphatic heterocycles. The molecule has 1 aromatic heterocycles. The van der Waals surface area contributed by atoms with Crippen molar-refractivity contribution in [3.8, 4) is 6.07 Å². The Kier molecular flexibility index (Phi) is 4.35. The van der Waals surface area contributed by atoms with Gasteiger partial charge in [-0.2, -0.15) is 5.26 Å². The molecule has 1 aromatic rings. The van der Waals surface area contributed by atoms with Crippen LogP contribution in [0.3, 0.4) is 0 Å². The average Bonchev–Trinajstić information content (AvgIpc) is 3.14. The van der Waals surface area contributed by atoms with Crippen LogP contribution in [0.2, 0.25) is 0 Å². The topological polar surface area (TPSA) is 87.4 Å². The van der Waals surface area contributed by atoms with E-state index in [4.69, 9.17) is 10.00 Å². The summed E-state index contributed by atoms with van der Waals surface area (Å²) in [5.74, 6) is -0.284. The highest BCUT2D eigenvalue weighted by Gasteiger charge is 2.34. The molecule has 0 unspecified atom stereocenters. The molecule has 3 heterocycles. The van der Waals surface area contributed by atoms with Gasteiger partial charge in [0.15, 0.2) is 0 Å². The van der Waals surface area contributed by atoms with Crippen molar-refractivity contribution in [2.24, 2.45) is 7.05 Å². The van der Waals surface area contributed by atoms with E-state index in [1.165, 1.54) is 0 Å². The first-order valence-corrected chi connectivity index (χ1v) is 7.86. The summed E-state index contributed by atoms with van der Waals surface area (Å²) in [6, 6.07) is 3.61. The van der Waals surface area contributed by atoms with E-state index >= 15 is 0 Å². The minimum Gasteiger partial charge on any atom is -0.464 e. The molecule has 0 radical (unpaired) electrons. The fourth-order valence-corrected chi connectivity index (χ4v) is 3.28. The molecular weight excluding hydrogens is 296 g/mol. The van der Waals surface area contributed by atoms with Crippen molar-refractivity contribution in [2.75, 3.05) is 19.7 Å². The van der Waals surface area contributed by atoms with Crippen LogP contribution < -0.4 is 5.32 Å². The molecular formula is C16H20N4O3. The third-order valence-corrected chi connectivity index (χ3v) is 4.58. The number of hydrogen-bond acceptors (Lipinski definition) is 5. The standard InChI is InChI=1S/C16H20N4O3/c1-19-10-11(9-17)8-14(19)15(21)18-12-2-5-20(6-3-12)13-4-7-23-16(13)22/h8,10,12-13H,2-7H2,1H3,(H,18,21)/t13-/m1/s1. The third kappa shape index (κ3) is 3.22. The SMILES string of the molecule is Cn1cc(C#N)cc1C(=O)NC1CCN([C@@H]2CCOC2=O)CC1. The van der Waals surface area contributed by atoms with Gasteiger partial charge in [-0.3, -0.25) is 14.5 Å². The molecule has 0 saturated carbocycles. The second-order valence-corrected chi connectivity index (χ2v) is 6.09. The van der Waals surface area contributed by atoms with Gasteiger partial charge < -0.3 is 14.6 Å².